The molecule has 0 bridgehead atoms. The number of benzene rings is 4. The number of halogens is 2. The Morgan fingerprint density at radius 2 is 0.979 bits per heavy atom. The monoisotopic (exact) mass is 764 g/mol. The summed E-state index contributed by atoms with van der Waals surface area (Å²) in [6.07, 6.45) is 10.0. The van der Waals surface area contributed by atoms with Gasteiger partial charge in [-0.25, -0.2) is 12.1 Å². The third-order valence-electron chi connectivity index (χ3n) is 9.99. The number of aryl methyl sites for hydroxylation is 4. The molecule has 4 heteroatoms. The Labute approximate surface area is 310 Å². The van der Waals surface area contributed by atoms with E-state index < -0.39 is 20.8 Å². The maximum absolute atomic E-state index is 4.93. The molecule has 6 aromatic carbocycles. The molecule has 2 aliphatic rings. The maximum atomic E-state index is 4.93. The first-order chi connectivity index (χ1) is 23.6. The van der Waals surface area contributed by atoms with Crippen molar-refractivity contribution < 1.29 is 20.8 Å². The number of hydrogen-bond donors (Lipinski definition) is 0. The Morgan fingerprint density at radius 1 is 0.604 bits per heavy atom. The van der Waals surface area contributed by atoms with Crippen molar-refractivity contribution in [2.75, 3.05) is 0 Å². The first-order valence-corrected chi connectivity index (χ1v) is 26.0. The number of fused-ring (bicyclic) bond motifs is 4. The molecule has 2 atom stereocenters. The zero-order valence-corrected chi connectivity index (χ0v) is 33.9. The van der Waals surface area contributed by atoms with Gasteiger partial charge in [0.15, 0.2) is 0 Å². The van der Waals surface area contributed by atoms with Crippen LogP contribution in [0.4, 0.5) is 0 Å². The molecule has 2 unspecified atom stereocenters. The molecular formula is C44H48Cl2SiZr. The fourth-order valence-corrected chi connectivity index (χ4v) is 7.83. The summed E-state index contributed by atoms with van der Waals surface area (Å²) in [4.78, 5) is 0. The van der Waals surface area contributed by atoms with Crippen LogP contribution in [0.1, 0.15) is 95.9 Å². The number of rotatable bonds is 4. The predicted octanol–water partition coefficient (Wildman–Crippen LogP) is 13.3. The molecule has 246 valence electrons. The van der Waals surface area contributed by atoms with E-state index in [1.807, 2.05) is 0 Å². The molecule has 0 fully saturated rings. The van der Waals surface area contributed by atoms with E-state index in [-0.39, 0.29) is 0 Å². The average molecular weight is 767 g/mol. The molecule has 0 saturated carbocycles. The third-order valence-corrected chi connectivity index (χ3v) is 9.99. The summed E-state index contributed by atoms with van der Waals surface area (Å²) in [5.41, 5.74) is 12.4. The quantitative estimate of drug-likeness (QED) is 0.124. The van der Waals surface area contributed by atoms with Crippen molar-refractivity contribution in [2.24, 2.45) is 0 Å². The summed E-state index contributed by atoms with van der Waals surface area (Å²) in [7, 11) is 11.0. The second-order valence-electron chi connectivity index (χ2n) is 13.0. The van der Waals surface area contributed by atoms with Crippen LogP contribution in [0.2, 0.25) is 13.1 Å². The van der Waals surface area contributed by atoms with Crippen molar-refractivity contribution >= 4 is 48.1 Å². The van der Waals surface area contributed by atoms with Gasteiger partial charge in [0, 0.05) is 9.52 Å². The molecule has 0 aliphatic heterocycles. The summed E-state index contributed by atoms with van der Waals surface area (Å²) in [6.45, 7) is 8.82. The van der Waals surface area contributed by atoms with E-state index in [4.69, 9.17) is 17.0 Å². The SMILES string of the molecule is CCc1cc2c([cH-]1)CCCC2c1cccc2ccccc12.CCc1cc2c([cH-]1)CCCC2c1cccc2ccccc12.C[Si]C.[Cl][Zr+2][Cl]. The van der Waals surface area contributed by atoms with Gasteiger partial charge in [-0.3, -0.25) is 0 Å². The van der Waals surface area contributed by atoms with Crippen LogP contribution in [-0.2, 0) is 46.5 Å². The summed E-state index contributed by atoms with van der Waals surface area (Å²) in [5, 5.41) is 5.59. The molecule has 48 heavy (non-hydrogen) atoms. The Morgan fingerprint density at radius 3 is 1.38 bits per heavy atom. The van der Waals surface area contributed by atoms with Crippen molar-refractivity contribution in [3.63, 3.8) is 0 Å². The van der Waals surface area contributed by atoms with Crippen molar-refractivity contribution in [2.45, 2.75) is 90.1 Å². The van der Waals surface area contributed by atoms with E-state index >= 15 is 0 Å². The standard InChI is InChI=1S/2C21H21.C2H6Si.2ClH.Zr/c2*1-2-15-13-17-9-6-12-20(21(17)14-15)19-11-5-8-16-7-3-4-10-18(16)19;1-3-2;;;/h2*3-5,7-8,10-11,13-14,20H,2,6,9,12H2,1H3;1-2H3;2*1H;/q2*-1;;;;+4/p-2. The third kappa shape index (κ3) is 8.73. The summed E-state index contributed by atoms with van der Waals surface area (Å²) in [5.74, 6) is 1.17. The molecule has 2 aliphatic carbocycles. The van der Waals surface area contributed by atoms with E-state index in [1.54, 1.807) is 22.3 Å². The molecule has 0 saturated heterocycles. The first-order valence-electron chi connectivity index (χ1n) is 17.6. The minimum atomic E-state index is -0.826. The molecule has 0 nitrogen and oxygen atoms in total. The zero-order valence-electron chi connectivity index (χ0n) is 29.0. The van der Waals surface area contributed by atoms with Gasteiger partial charge in [0.05, 0.1) is 0 Å². The van der Waals surface area contributed by atoms with Gasteiger partial charge in [-0.1, -0.05) is 163 Å². The second kappa shape index (κ2) is 18.7. The molecule has 6 aromatic rings. The molecule has 0 heterocycles. The van der Waals surface area contributed by atoms with E-state index in [0.717, 1.165) is 22.4 Å². The minimum absolute atomic E-state index is 0.583. The van der Waals surface area contributed by atoms with Crippen molar-refractivity contribution in [1.82, 2.24) is 0 Å². The van der Waals surface area contributed by atoms with Crippen molar-refractivity contribution in [3.8, 4) is 0 Å². The Balaban J connectivity index is 0.000000162. The molecule has 2 radical (unpaired) electrons. The molecular weight excluding hydrogens is 719 g/mol. The van der Waals surface area contributed by atoms with Gasteiger partial charge in [-0.2, -0.15) is 45.5 Å². The predicted molar refractivity (Wildman–Crippen MR) is 209 cm³/mol. The molecule has 8 rings (SSSR count). The summed E-state index contributed by atoms with van der Waals surface area (Å²) < 4.78 is 0. The normalized spacial score (nSPS) is 16.2. The van der Waals surface area contributed by atoms with E-state index in [1.165, 1.54) is 82.3 Å². The summed E-state index contributed by atoms with van der Waals surface area (Å²) >= 11 is -0.826. The first kappa shape index (κ1) is 37.0. The van der Waals surface area contributed by atoms with Crippen LogP contribution in [0, 0.1) is 0 Å². The van der Waals surface area contributed by atoms with Crippen molar-refractivity contribution in [3.05, 3.63) is 154 Å². The fraction of sp³-hybridized carbons (Fsp3) is 0.318. The van der Waals surface area contributed by atoms with Crippen LogP contribution >= 0.6 is 17.0 Å². The van der Waals surface area contributed by atoms with Crippen LogP contribution in [0.3, 0.4) is 0 Å². The Hall–Kier alpha value is -2.22. The van der Waals surface area contributed by atoms with E-state index in [2.05, 4.69) is 136 Å². The van der Waals surface area contributed by atoms with Gasteiger partial charge in [0.25, 0.3) is 0 Å². The van der Waals surface area contributed by atoms with Crippen LogP contribution in [0.25, 0.3) is 21.5 Å². The van der Waals surface area contributed by atoms with Crippen LogP contribution in [0.5, 0.6) is 0 Å². The topological polar surface area (TPSA) is 0 Å². The van der Waals surface area contributed by atoms with E-state index in [9.17, 15) is 0 Å². The van der Waals surface area contributed by atoms with Crippen molar-refractivity contribution in [1.29, 1.82) is 0 Å². The van der Waals surface area contributed by atoms with Crippen LogP contribution < -0.4 is 0 Å². The molecule has 0 spiro atoms. The van der Waals surface area contributed by atoms with E-state index in [0.29, 0.717) is 11.8 Å². The van der Waals surface area contributed by atoms with Gasteiger partial charge in [-0.15, -0.1) is 0 Å². The van der Waals surface area contributed by atoms with Crippen LogP contribution in [0.15, 0.2) is 109 Å². The Kier molecular flexibility index (Phi) is 14.4. The van der Waals surface area contributed by atoms with Gasteiger partial charge < -0.3 is 0 Å². The van der Waals surface area contributed by atoms with Crippen LogP contribution in [-0.4, -0.2) is 9.52 Å². The number of hydrogen-bond acceptors (Lipinski definition) is 0. The Bertz CT molecular complexity index is 1730. The van der Waals surface area contributed by atoms with Gasteiger partial charge >= 0.3 is 37.9 Å². The summed E-state index contributed by atoms with van der Waals surface area (Å²) in [6, 6.07) is 41.0. The van der Waals surface area contributed by atoms with Gasteiger partial charge in [-0.05, 0) is 44.5 Å². The average Bonchev–Trinajstić information content (AvgIpc) is 3.76. The fourth-order valence-electron chi connectivity index (χ4n) is 7.83. The second-order valence-corrected chi connectivity index (χ2v) is 17.7. The zero-order chi connectivity index (χ0) is 33.9. The molecule has 0 amide bonds. The van der Waals surface area contributed by atoms with Gasteiger partial charge in [0.1, 0.15) is 0 Å². The molecule has 0 aromatic heterocycles. The van der Waals surface area contributed by atoms with Gasteiger partial charge in [0.2, 0.25) is 0 Å². The molecule has 0 N–H and O–H groups in total.